The highest BCUT2D eigenvalue weighted by Gasteiger charge is 2.35. The molecule has 10 heteroatoms. The number of carbonyl (C=O) groups excluding carboxylic acids is 3. The number of nitrogens with zero attached hydrogens (tertiary/aromatic N) is 6. The summed E-state index contributed by atoms with van der Waals surface area (Å²) in [4.78, 5) is 49.3. The summed E-state index contributed by atoms with van der Waals surface area (Å²) >= 11 is 0. The molecule has 2 aliphatic rings. The van der Waals surface area contributed by atoms with E-state index >= 15 is 0 Å². The number of para-hydroxylation sites is 1. The van der Waals surface area contributed by atoms with E-state index < -0.39 is 12.1 Å². The van der Waals surface area contributed by atoms with Crippen LogP contribution in [-0.2, 0) is 23.2 Å². The second kappa shape index (κ2) is 11.7. The Balaban J connectivity index is 1.38. The Morgan fingerprint density at radius 2 is 1.74 bits per heavy atom. The fourth-order valence-electron chi connectivity index (χ4n) is 6.71. The molecule has 43 heavy (non-hydrogen) atoms. The third-order valence-corrected chi connectivity index (χ3v) is 8.91. The largest absolute Gasteiger partial charge is 0.345 e. The van der Waals surface area contributed by atoms with Crippen molar-refractivity contribution in [3.8, 4) is 11.4 Å². The number of hydrogen-bond acceptors (Lipinski definition) is 5. The lowest BCUT2D eigenvalue weighted by Gasteiger charge is -2.28. The van der Waals surface area contributed by atoms with E-state index in [0.717, 1.165) is 34.0 Å². The normalized spacial score (nSPS) is 20.1. The Hall–Kier alpha value is -4.47. The minimum Gasteiger partial charge on any atom is -0.345 e. The van der Waals surface area contributed by atoms with Crippen LogP contribution >= 0.6 is 0 Å². The molecule has 2 aromatic carbocycles. The Morgan fingerprint density at radius 1 is 0.953 bits per heavy atom. The summed E-state index contributed by atoms with van der Waals surface area (Å²) in [6, 6.07) is 14.9. The van der Waals surface area contributed by atoms with Crippen molar-refractivity contribution in [1.29, 1.82) is 0 Å². The third kappa shape index (κ3) is 5.30. The van der Waals surface area contributed by atoms with E-state index in [-0.39, 0.29) is 24.1 Å². The first kappa shape index (κ1) is 28.6. The Morgan fingerprint density at radius 3 is 2.51 bits per heavy atom. The molecule has 0 aliphatic carbocycles. The second-order valence-corrected chi connectivity index (χ2v) is 11.8. The van der Waals surface area contributed by atoms with Crippen LogP contribution in [0.2, 0.25) is 0 Å². The van der Waals surface area contributed by atoms with Crippen LogP contribution in [0.1, 0.15) is 66.1 Å². The van der Waals surface area contributed by atoms with Crippen LogP contribution in [0.25, 0.3) is 22.3 Å². The average molecular weight is 582 g/mol. The zero-order valence-corrected chi connectivity index (χ0v) is 25.3. The Bertz CT molecular complexity index is 1690. The van der Waals surface area contributed by atoms with Crippen molar-refractivity contribution in [1.82, 2.24) is 34.4 Å². The van der Waals surface area contributed by atoms with Gasteiger partial charge in [0.05, 0.1) is 18.1 Å². The lowest BCUT2D eigenvalue weighted by Crippen LogP contribution is -2.47. The lowest BCUT2D eigenvalue weighted by molar-refractivity contribution is -0.138. The molecule has 3 amide bonds. The molecule has 0 saturated carbocycles. The number of nitrogens with one attached hydrogen (secondary N) is 1. The molecule has 2 aromatic heterocycles. The van der Waals surface area contributed by atoms with E-state index in [1.807, 2.05) is 71.4 Å². The van der Waals surface area contributed by atoms with Crippen LogP contribution in [0.3, 0.4) is 0 Å². The van der Waals surface area contributed by atoms with Crippen molar-refractivity contribution in [2.75, 3.05) is 19.6 Å². The summed E-state index contributed by atoms with van der Waals surface area (Å²) in [6.07, 6.45) is 2.21. The molecular weight excluding hydrogens is 542 g/mol. The van der Waals surface area contributed by atoms with Gasteiger partial charge in [0.25, 0.3) is 5.91 Å². The topological polar surface area (TPSA) is 105 Å². The van der Waals surface area contributed by atoms with Crippen LogP contribution in [0, 0.1) is 13.8 Å². The summed E-state index contributed by atoms with van der Waals surface area (Å²) in [5.41, 5.74) is 4.65. The highest BCUT2D eigenvalue weighted by molar-refractivity contribution is 6.02. The fraction of sp³-hybridized carbons (Fsp3) is 0.424. The van der Waals surface area contributed by atoms with Crippen molar-refractivity contribution in [3.63, 3.8) is 0 Å². The number of hydrogen-bond donors (Lipinski definition) is 1. The van der Waals surface area contributed by atoms with Gasteiger partial charge in [0.15, 0.2) is 5.82 Å². The van der Waals surface area contributed by atoms with E-state index in [9.17, 15) is 14.4 Å². The number of rotatable bonds is 2. The van der Waals surface area contributed by atoms with Crippen LogP contribution in [0.5, 0.6) is 0 Å². The van der Waals surface area contributed by atoms with Crippen LogP contribution in [0.15, 0.2) is 48.5 Å². The van der Waals surface area contributed by atoms with Crippen LogP contribution in [-0.4, -0.2) is 72.5 Å². The van der Waals surface area contributed by atoms with Gasteiger partial charge in [-0.1, -0.05) is 48.5 Å². The molecule has 224 valence electrons. The highest BCUT2D eigenvalue weighted by atomic mass is 16.2. The van der Waals surface area contributed by atoms with E-state index in [4.69, 9.17) is 10.1 Å². The molecule has 4 heterocycles. The molecule has 0 spiro atoms. The SMILES string of the molecule is Cc1c(C(=O)N2CCCC(=O)N3CCC[C@H]3C(=O)N[C@@H](C)c3nc(-c4ccccc4)nn3CC2)n(C)c2c(C)cccc12. The van der Waals surface area contributed by atoms with Crippen molar-refractivity contribution < 1.29 is 14.4 Å². The predicted molar refractivity (Wildman–Crippen MR) is 164 cm³/mol. The molecule has 10 nitrogen and oxygen atoms in total. The van der Waals surface area contributed by atoms with Gasteiger partial charge in [-0.15, -0.1) is 0 Å². The number of aromatic nitrogens is 4. The number of amides is 3. The number of benzene rings is 2. The maximum absolute atomic E-state index is 14.3. The molecule has 0 bridgehead atoms. The molecule has 6 rings (SSSR count). The fourth-order valence-corrected chi connectivity index (χ4v) is 6.71. The monoisotopic (exact) mass is 581 g/mol. The minimum absolute atomic E-state index is 0.0410. The van der Waals surface area contributed by atoms with Gasteiger partial charge in [0.2, 0.25) is 11.8 Å². The van der Waals surface area contributed by atoms with Crippen LogP contribution in [0.4, 0.5) is 0 Å². The first-order valence-electron chi connectivity index (χ1n) is 15.2. The van der Waals surface area contributed by atoms with Gasteiger partial charge < -0.3 is 19.7 Å². The van der Waals surface area contributed by atoms with Gasteiger partial charge in [-0.25, -0.2) is 9.67 Å². The molecule has 2 aliphatic heterocycles. The minimum atomic E-state index is -0.498. The van der Waals surface area contributed by atoms with E-state index in [2.05, 4.69) is 24.4 Å². The molecule has 4 aromatic rings. The Labute approximate surface area is 251 Å². The first-order chi connectivity index (χ1) is 20.7. The number of fused-ring (bicyclic) bond motifs is 3. The van der Waals surface area contributed by atoms with E-state index in [1.54, 1.807) is 4.90 Å². The third-order valence-electron chi connectivity index (χ3n) is 8.91. The average Bonchev–Trinajstić information content (AvgIpc) is 3.72. The zero-order valence-electron chi connectivity index (χ0n) is 25.3. The number of carbonyl (C=O) groups is 3. The van der Waals surface area contributed by atoms with E-state index in [0.29, 0.717) is 56.4 Å². The number of aryl methyl sites for hydroxylation is 3. The van der Waals surface area contributed by atoms with Crippen LogP contribution < -0.4 is 5.32 Å². The van der Waals surface area contributed by atoms with Gasteiger partial charge in [-0.2, -0.15) is 5.10 Å². The Kier molecular flexibility index (Phi) is 7.77. The molecule has 1 saturated heterocycles. The maximum atomic E-state index is 14.3. The lowest BCUT2D eigenvalue weighted by atomic mass is 10.1. The predicted octanol–water partition coefficient (Wildman–Crippen LogP) is 4.16. The quantitative estimate of drug-likeness (QED) is 0.383. The molecule has 1 N–H and O–H groups in total. The van der Waals surface area contributed by atoms with Crippen molar-refractivity contribution in [3.05, 3.63) is 71.2 Å². The summed E-state index contributed by atoms with van der Waals surface area (Å²) in [6.45, 7) is 7.71. The second-order valence-electron chi connectivity index (χ2n) is 11.8. The van der Waals surface area contributed by atoms with Gasteiger partial charge in [0.1, 0.15) is 17.6 Å². The molecule has 0 unspecified atom stereocenters. The summed E-state index contributed by atoms with van der Waals surface area (Å²) in [7, 11) is 1.95. The zero-order chi connectivity index (χ0) is 30.2. The highest BCUT2D eigenvalue weighted by Crippen LogP contribution is 2.29. The van der Waals surface area contributed by atoms with Gasteiger partial charge in [0, 0.05) is 44.1 Å². The smallest absolute Gasteiger partial charge is 0.270 e. The molecule has 1 fully saturated rings. The van der Waals surface area contributed by atoms with Crippen molar-refractivity contribution in [2.24, 2.45) is 7.05 Å². The summed E-state index contributed by atoms with van der Waals surface area (Å²) in [5, 5.41) is 9.01. The molecular formula is C33H39N7O3. The first-order valence-corrected chi connectivity index (χ1v) is 15.2. The molecule has 0 radical (unpaired) electrons. The van der Waals surface area contributed by atoms with Crippen molar-refractivity contribution >= 4 is 28.6 Å². The van der Waals surface area contributed by atoms with Gasteiger partial charge in [-0.3, -0.25) is 14.4 Å². The van der Waals surface area contributed by atoms with E-state index in [1.165, 1.54) is 0 Å². The van der Waals surface area contributed by atoms with Gasteiger partial charge in [-0.05, 0) is 51.2 Å². The molecule has 2 atom stereocenters. The van der Waals surface area contributed by atoms with Crippen molar-refractivity contribution in [2.45, 2.75) is 65.1 Å². The summed E-state index contributed by atoms with van der Waals surface area (Å²) in [5.74, 6) is 0.909. The van der Waals surface area contributed by atoms with Gasteiger partial charge >= 0.3 is 0 Å². The summed E-state index contributed by atoms with van der Waals surface area (Å²) < 4.78 is 3.81. The standard InChI is InChI=1S/C33H39N7O3/c1-21-11-8-14-25-22(2)29(37(4)28(21)25)33(43)38-17-10-16-27(41)39-18-9-15-26(39)32(42)34-23(3)31-35-30(36-40(31)20-19-38)24-12-6-5-7-13-24/h5-8,11-14,23,26H,9-10,15-20H2,1-4H3,(H,34,42)/t23-,26-/m0/s1. The maximum Gasteiger partial charge on any atom is 0.270 e.